The first-order chi connectivity index (χ1) is 7.85. The summed E-state index contributed by atoms with van der Waals surface area (Å²) in [6.07, 6.45) is 2.37. The zero-order valence-corrected chi connectivity index (χ0v) is 9.90. The highest BCUT2D eigenvalue weighted by atomic mass is 16.4. The second-order valence-corrected chi connectivity index (χ2v) is 5.34. The molecule has 2 amide bonds. The van der Waals surface area contributed by atoms with Gasteiger partial charge in [-0.3, -0.25) is 0 Å². The number of aliphatic hydroxyl groups is 1. The average Bonchev–Trinajstić information content (AvgIpc) is 2.97. The number of carbonyl (C=O) groups excluding carboxylic acids is 1. The lowest BCUT2D eigenvalue weighted by atomic mass is 9.95. The zero-order valence-electron chi connectivity index (χ0n) is 9.90. The summed E-state index contributed by atoms with van der Waals surface area (Å²) in [6.45, 7) is 2.52. The molecule has 3 N–H and O–H groups in total. The van der Waals surface area contributed by atoms with Gasteiger partial charge in [0.05, 0.1) is 12.1 Å². The number of hydrogen-bond acceptors (Lipinski definition) is 3. The van der Waals surface area contributed by atoms with Crippen molar-refractivity contribution in [2.24, 2.45) is 0 Å². The topological polar surface area (TPSA) is 89.9 Å². The van der Waals surface area contributed by atoms with Crippen molar-refractivity contribution in [2.75, 3.05) is 13.1 Å². The predicted octanol–water partition coefficient (Wildman–Crippen LogP) is 0.160. The maximum atomic E-state index is 11.9. The Bertz CT molecular complexity index is 349. The number of carboxylic acid groups (broad SMARTS) is 1. The van der Waals surface area contributed by atoms with E-state index in [-0.39, 0.29) is 12.6 Å². The molecule has 17 heavy (non-hydrogen) atoms. The van der Waals surface area contributed by atoms with E-state index in [2.05, 4.69) is 5.32 Å². The molecule has 0 aromatic carbocycles. The Morgan fingerprint density at radius 3 is 2.41 bits per heavy atom. The van der Waals surface area contributed by atoms with E-state index in [1.54, 1.807) is 6.92 Å². The molecule has 6 nitrogen and oxygen atoms in total. The molecule has 2 fully saturated rings. The summed E-state index contributed by atoms with van der Waals surface area (Å²) >= 11 is 0. The zero-order chi connectivity index (χ0) is 12.7. The number of hydrogen-bond donors (Lipinski definition) is 3. The fourth-order valence-electron chi connectivity index (χ4n) is 2.19. The normalized spacial score (nSPS) is 30.8. The molecule has 1 heterocycles. The van der Waals surface area contributed by atoms with Crippen LogP contribution in [-0.4, -0.2) is 51.3 Å². The first-order valence-corrected chi connectivity index (χ1v) is 5.88. The predicted molar refractivity (Wildman–Crippen MR) is 59.6 cm³/mol. The lowest BCUT2D eigenvalue weighted by Crippen LogP contribution is -2.55. The Hall–Kier alpha value is -1.30. The van der Waals surface area contributed by atoms with Gasteiger partial charge >= 0.3 is 12.0 Å². The molecule has 1 saturated carbocycles. The Labute approximate surface area is 99.6 Å². The van der Waals surface area contributed by atoms with Crippen molar-refractivity contribution in [1.29, 1.82) is 0 Å². The fourth-order valence-corrected chi connectivity index (χ4v) is 2.19. The molecule has 0 spiro atoms. The summed E-state index contributed by atoms with van der Waals surface area (Å²) in [5, 5.41) is 21.4. The number of aliphatic carboxylic acids is 1. The van der Waals surface area contributed by atoms with Crippen molar-refractivity contribution in [1.82, 2.24) is 10.2 Å². The van der Waals surface area contributed by atoms with Crippen LogP contribution in [0.2, 0.25) is 0 Å². The van der Waals surface area contributed by atoms with Gasteiger partial charge in [0, 0.05) is 6.54 Å². The molecule has 1 atom stereocenters. The van der Waals surface area contributed by atoms with E-state index >= 15 is 0 Å². The number of nitrogens with one attached hydrogen (secondary N) is 1. The van der Waals surface area contributed by atoms with Gasteiger partial charge in [-0.05, 0) is 32.6 Å². The Morgan fingerprint density at radius 1 is 1.29 bits per heavy atom. The summed E-state index contributed by atoms with van der Waals surface area (Å²) < 4.78 is 0. The lowest BCUT2D eigenvalue weighted by molar-refractivity contribution is -0.140. The number of piperidine rings is 1. The lowest BCUT2D eigenvalue weighted by Gasteiger charge is -2.37. The van der Waals surface area contributed by atoms with E-state index in [0.29, 0.717) is 25.8 Å². The molecule has 0 bridgehead atoms. The van der Waals surface area contributed by atoms with Crippen LogP contribution in [0.4, 0.5) is 4.79 Å². The molecule has 1 aliphatic carbocycles. The molecule has 6 heteroatoms. The first-order valence-electron chi connectivity index (χ1n) is 5.88. The van der Waals surface area contributed by atoms with Gasteiger partial charge in [0.2, 0.25) is 0 Å². The summed E-state index contributed by atoms with van der Waals surface area (Å²) in [6, 6.07) is -0.384. The van der Waals surface area contributed by atoms with Crippen LogP contribution in [0.5, 0.6) is 0 Å². The highest BCUT2D eigenvalue weighted by molar-refractivity contribution is 5.89. The maximum Gasteiger partial charge on any atom is 0.329 e. The van der Waals surface area contributed by atoms with Gasteiger partial charge in [-0.1, -0.05) is 0 Å². The van der Waals surface area contributed by atoms with E-state index < -0.39 is 17.1 Å². The van der Waals surface area contributed by atoms with E-state index in [0.717, 1.165) is 6.42 Å². The fraction of sp³-hybridized carbons (Fsp3) is 0.818. The molecule has 1 unspecified atom stereocenters. The molecular weight excluding hydrogens is 224 g/mol. The molecule has 96 valence electrons. The number of likely N-dealkylation sites (tertiary alicyclic amines) is 1. The third-order valence-corrected chi connectivity index (χ3v) is 3.47. The Kier molecular flexibility index (Phi) is 2.77. The third-order valence-electron chi connectivity index (χ3n) is 3.47. The summed E-state index contributed by atoms with van der Waals surface area (Å²) in [4.78, 5) is 24.3. The molecule has 0 aromatic rings. The minimum atomic E-state index is -1.06. The van der Waals surface area contributed by atoms with E-state index in [9.17, 15) is 14.7 Å². The summed E-state index contributed by atoms with van der Waals surface area (Å²) in [7, 11) is 0. The molecule has 0 aromatic heterocycles. The van der Waals surface area contributed by atoms with E-state index in [1.807, 2.05) is 0 Å². The second kappa shape index (κ2) is 3.87. The standard InChI is InChI=1S/C11H18N2O4/c1-10(17)3-2-6-13(7-10)9(16)12-11(4-5-11)8(14)15/h17H,2-7H2,1H3,(H,12,16)(H,14,15). The highest BCUT2D eigenvalue weighted by Gasteiger charge is 2.52. The SMILES string of the molecule is CC1(O)CCCN(C(=O)NC2(C(=O)O)CC2)C1. The van der Waals surface area contributed by atoms with E-state index in [1.165, 1.54) is 4.90 Å². The molecule has 1 saturated heterocycles. The molecule has 2 rings (SSSR count). The average molecular weight is 242 g/mol. The Morgan fingerprint density at radius 2 is 1.94 bits per heavy atom. The number of urea groups is 1. The van der Waals surface area contributed by atoms with Crippen LogP contribution in [0.15, 0.2) is 0 Å². The van der Waals surface area contributed by atoms with Gasteiger partial charge < -0.3 is 20.4 Å². The molecule has 0 radical (unpaired) electrons. The van der Waals surface area contributed by atoms with Gasteiger partial charge in [-0.15, -0.1) is 0 Å². The smallest absolute Gasteiger partial charge is 0.329 e. The number of carbonyl (C=O) groups is 2. The van der Waals surface area contributed by atoms with Crippen LogP contribution >= 0.6 is 0 Å². The van der Waals surface area contributed by atoms with Crippen molar-refractivity contribution in [3.63, 3.8) is 0 Å². The van der Waals surface area contributed by atoms with Crippen LogP contribution in [0.3, 0.4) is 0 Å². The minimum Gasteiger partial charge on any atom is -0.480 e. The van der Waals surface area contributed by atoms with E-state index in [4.69, 9.17) is 5.11 Å². The molecule has 1 aliphatic heterocycles. The van der Waals surface area contributed by atoms with Crippen molar-refractivity contribution in [2.45, 2.75) is 43.7 Å². The quantitative estimate of drug-likeness (QED) is 0.643. The number of amides is 2. The van der Waals surface area contributed by atoms with Crippen molar-refractivity contribution in [3.05, 3.63) is 0 Å². The van der Waals surface area contributed by atoms with Gasteiger partial charge in [-0.2, -0.15) is 0 Å². The van der Waals surface area contributed by atoms with Gasteiger partial charge in [0.25, 0.3) is 0 Å². The van der Waals surface area contributed by atoms with Crippen LogP contribution in [0, 0.1) is 0 Å². The summed E-state index contributed by atoms with van der Waals surface area (Å²) in [5.41, 5.74) is -1.92. The van der Waals surface area contributed by atoms with Crippen molar-refractivity contribution < 1.29 is 19.8 Å². The third kappa shape index (κ3) is 2.52. The van der Waals surface area contributed by atoms with Crippen LogP contribution in [0.1, 0.15) is 32.6 Å². The number of rotatable bonds is 2. The van der Waals surface area contributed by atoms with Crippen LogP contribution in [-0.2, 0) is 4.79 Å². The van der Waals surface area contributed by atoms with Gasteiger partial charge in [0.15, 0.2) is 0 Å². The molecule has 2 aliphatic rings. The van der Waals surface area contributed by atoms with Crippen molar-refractivity contribution in [3.8, 4) is 0 Å². The second-order valence-electron chi connectivity index (χ2n) is 5.34. The number of carboxylic acids is 1. The van der Waals surface area contributed by atoms with Gasteiger partial charge in [-0.25, -0.2) is 9.59 Å². The summed E-state index contributed by atoms with van der Waals surface area (Å²) in [5.74, 6) is -0.977. The number of nitrogens with zero attached hydrogens (tertiary/aromatic N) is 1. The van der Waals surface area contributed by atoms with Gasteiger partial charge in [0.1, 0.15) is 5.54 Å². The molecular formula is C11H18N2O4. The first kappa shape index (κ1) is 12.2. The Balaban J connectivity index is 1.94. The van der Waals surface area contributed by atoms with Crippen LogP contribution < -0.4 is 5.32 Å². The largest absolute Gasteiger partial charge is 0.480 e. The maximum absolute atomic E-state index is 11.9. The minimum absolute atomic E-state index is 0.258. The van der Waals surface area contributed by atoms with Crippen LogP contribution in [0.25, 0.3) is 0 Å². The number of β-amino-alcohol motifs (C(OH)–C–C–N with tert-alkyl or cyclic N) is 1. The van der Waals surface area contributed by atoms with Crippen molar-refractivity contribution >= 4 is 12.0 Å². The monoisotopic (exact) mass is 242 g/mol. The highest BCUT2D eigenvalue weighted by Crippen LogP contribution is 2.36.